The summed E-state index contributed by atoms with van der Waals surface area (Å²) in [4.78, 5) is 11.8. The Morgan fingerprint density at radius 3 is 2.80 bits per heavy atom. The van der Waals surface area contributed by atoms with Gasteiger partial charge < -0.3 is 18.8 Å². The van der Waals surface area contributed by atoms with Gasteiger partial charge in [0.05, 0.1) is 23.8 Å². The molecular weight excluding hydrogens is 385 g/mol. The van der Waals surface area contributed by atoms with Crippen molar-refractivity contribution in [3.8, 4) is 5.75 Å². The molecule has 1 aromatic heterocycles. The maximum atomic E-state index is 14.4. The quantitative estimate of drug-likeness (QED) is 0.628. The van der Waals surface area contributed by atoms with Crippen molar-refractivity contribution in [1.82, 2.24) is 4.57 Å². The van der Waals surface area contributed by atoms with Gasteiger partial charge in [-0.25, -0.2) is 4.39 Å². The van der Waals surface area contributed by atoms with Crippen molar-refractivity contribution in [2.75, 3.05) is 13.7 Å². The molecule has 0 bridgehead atoms. The lowest BCUT2D eigenvalue weighted by Crippen LogP contribution is -2.39. The van der Waals surface area contributed by atoms with Crippen molar-refractivity contribution >= 4 is 10.9 Å². The second-order valence-electron chi connectivity index (χ2n) is 7.92. The van der Waals surface area contributed by atoms with Crippen molar-refractivity contribution in [2.24, 2.45) is 7.05 Å². The molecule has 0 aliphatic carbocycles. The number of halogens is 1. The zero-order valence-corrected chi connectivity index (χ0v) is 17.5. The predicted octanol–water partition coefficient (Wildman–Crippen LogP) is 4.30. The molecule has 0 radical (unpaired) electrons. The molecule has 1 saturated heterocycles. The third-order valence-electron chi connectivity index (χ3n) is 5.91. The topological polar surface area (TPSA) is 49.7 Å². The Hall–Kier alpha value is -2.70. The lowest BCUT2D eigenvalue weighted by atomic mass is 9.83. The van der Waals surface area contributed by atoms with Crippen LogP contribution in [0.5, 0.6) is 5.75 Å². The van der Waals surface area contributed by atoms with Gasteiger partial charge in [0.2, 0.25) is 0 Å². The number of nitrogens with zero attached hydrogens (tertiary/aromatic N) is 1. The molecule has 1 fully saturated rings. The van der Waals surface area contributed by atoms with E-state index in [1.807, 2.05) is 31.2 Å². The van der Waals surface area contributed by atoms with Gasteiger partial charge >= 0.3 is 0 Å². The summed E-state index contributed by atoms with van der Waals surface area (Å²) in [6.07, 6.45) is 1.37. The van der Waals surface area contributed by atoms with Gasteiger partial charge in [-0.05, 0) is 53.8 Å². The van der Waals surface area contributed by atoms with Crippen LogP contribution in [0.25, 0.3) is 10.9 Å². The molecule has 1 aliphatic rings. The van der Waals surface area contributed by atoms with Gasteiger partial charge in [0.1, 0.15) is 18.2 Å². The SMILES string of the molecule is CO[C@]1(c2cc(F)cc(OCc3ccc4c(ccc(=O)n4C)c3)c2)CCO[C@@H](C)C1. The highest BCUT2D eigenvalue weighted by atomic mass is 19.1. The van der Waals surface area contributed by atoms with Gasteiger partial charge in [-0.3, -0.25) is 4.79 Å². The summed E-state index contributed by atoms with van der Waals surface area (Å²) < 4.78 is 33.4. The zero-order chi connectivity index (χ0) is 21.3. The van der Waals surface area contributed by atoms with Gasteiger partial charge in [-0.15, -0.1) is 0 Å². The Morgan fingerprint density at radius 1 is 1.20 bits per heavy atom. The summed E-state index contributed by atoms with van der Waals surface area (Å²) in [5.74, 6) is 0.104. The first-order chi connectivity index (χ1) is 14.4. The fourth-order valence-corrected chi connectivity index (χ4v) is 4.22. The molecule has 5 nitrogen and oxygen atoms in total. The first-order valence-electron chi connectivity index (χ1n) is 10.1. The summed E-state index contributed by atoms with van der Waals surface area (Å²) in [6, 6.07) is 13.9. The molecule has 2 heterocycles. The van der Waals surface area contributed by atoms with Crippen LogP contribution in [-0.4, -0.2) is 24.4 Å². The van der Waals surface area contributed by atoms with Crippen LogP contribution in [0, 0.1) is 5.82 Å². The largest absolute Gasteiger partial charge is 0.489 e. The van der Waals surface area contributed by atoms with E-state index in [0.29, 0.717) is 31.8 Å². The van der Waals surface area contributed by atoms with E-state index in [4.69, 9.17) is 14.2 Å². The van der Waals surface area contributed by atoms with Crippen molar-refractivity contribution in [1.29, 1.82) is 0 Å². The number of ether oxygens (including phenoxy) is 3. The number of hydrogen-bond acceptors (Lipinski definition) is 4. The molecule has 0 amide bonds. The molecule has 158 valence electrons. The molecule has 3 aromatic rings. The summed E-state index contributed by atoms with van der Waals surface area (Å²) >= 11 is 0. The van der Waals surface area contributed by atoms with Gasteiger partial charge in [-0.1, -0.05) is 6.07 Å². The number of hydrogen-bond donors (Lipinski definition) is 0. The van der Waals surface area contributed by atoms with Gasteiger partial charge in [0.15, 0.2) is 0 Å². The lowest BCUT2D eigenvalue weighted by Gasteiger charge is -2.39. The van der Waals surface area contributed by atoms with Gasteiger partial charge in [0, 0.05) is 39.1 Å². The molecule has 0 saturated carbocycles. The Balaban J connectivity index is 1.57. The van der Waals surface area contributed by atoms with Crippen molar-refractivity contribution in [3.63, 3.8) is 0 Å². The van der Waals surface area contributed by atoms with Gasteiger partial charge in [0.25, 0.3) is 5.56 Å². The number of methoxy groups -OCH3 is 1. The average Bonchev–Trinajstić information content (AvgIpc) is 2.74. The number of aromatic nitrogens is 1. The molecular formula is C24H26FNO4. The fourth-order valence-electron chi connectivity index (χ4n) is 4.22. The molecule has 2 aromatic carbocycles. The van der Waals surface area contributed by atoms with Crippen LogP contribution >= 0.6 is 0 Å². The van der Waals surface area contributed by atoms with Crippen LogP contribution in [0.15, 0.2) is 53.3 Å². The van der Waals surface area contributed by atoms with Crippen LogP contribution in [0.1, 0.15) is 30.9 Å². The number of pyridine rings is 1. The van der Waals surface area contributed by atoms with E-state index in [1.54, 1.807) is 30.9 Å². The standard InChI is InChI=1S/C24H26FNO4/c1-16-14-24(28-3,8-9-29-16)19-11-20(25)13-21(12-19)30-15-17-4-6-22-18(10-17)5-7-23(27)26(22)2/h4-7,10-13,16H,8-9,14-15H2,1-3H3/t16-,24+/m0/s1. The summed E-state index contributed by atoms with van der Waals surface area (Å²) in [7, 11) is 3.41. The Kier molecular flexibility index (Phi) is 5.62. The average molecular weight is 411 g/mol. The van der Waals surface area contributed by atoms with Gasteiger partial charge in [-0.2, -0.15) is 0 Å². The number of rotatable bonds is 5. The summed E-state index contributed by atoms with van der Waals surface area (Å²) in [5, 5.41) is 0.952. The molecule has 30 heavy (non-hydrogen) atoms. The smallest absolute Gasteiger partial charge is 0.250 e. The second-order valence-corrected chi connectivity index (χ2v) is 7.92. The zero-order valence-electron chi connectivity index (χ0n) is 17.5. The third-order valence-corrected chi connectivity index (χ3v) is 5.91. The van der Waals surface area contributed by atoms with E-state index in [-0.39, 0.29) is 17.5 Å². The van der Waals surface area contributed by atoms with E-state index < -0.39 is 5.60 Å². The maximum Gasteiger partial charge on any atom is 0.250 e. The Bertz CT molecular complexity index is 1130. The van der Waals surface area contributed by atoms with E-state index >= 15 is 0 Å². The first-order valence-corrected chi connectivity index (χ1v) is 10.1. The normalized spacial score (nSPS) is 21.7. The van der Waals surface area contributed by atoms with Crippen molar-refractivity contribution in [2.45, 2.75) is 38.1 Å². The maximum absolute atomic E-state index is 14.4. The van der Waals surface area contributed by atoms with E-state index in [9.17, 15) is 9.18 Å². The molecule has 6 heteroatoms. The number of benzene rings is 2. The van der Waals surface area contributed by atoms with Crippen molar-refractivity contribution < 1.29 is 18.6 Å². The minimum atomic E-state index is -0.578. The van der Waals surface area contributed by atoms with Crippen LogP contribution < -0.4 is 10.3 Å². The minimum Gasteiger partial charge on any atom is -0.489 e. The Labute approximate surface area is 175 Å². The van der Waals surface area contributed by atoms with Crippen LogP contribution in [0.2, 0.25) is 0 Å². The highest BCUT2D eigenvalue weighted by Gasteiger charge is 2.38. The number of fused-ring (bicyclic) bond motifs is 1. The summed E-state index contributed by atoms with van der Waals surface area (Å²) in [6.45, 7) is 2.86. The molecule has 4 rings (SSSR count). The molecule has 1 aliphatic heterocycles. The molecule has 2 atom stereocenters. The van der Waals surface area contributed by atoms with E-state index in [1.165, 1.54) is 12.1 Å². The summed E-state index contributed by atoms with van der Waals surface area (Å²) in [5.41, 5.74) is 1.94. The monoisotopic (exact) mass is 411 g/mol. The van der Waals surface area contributed by atoms with E-state index in [0.717, 1.165) is 22.0 Å². The minimum absolute atomic E-state index is 0.0416. The molecule has 0 N–H and O–H groups in total. The third kappa shape index (κ3) is 3.98. The van der Waals surface area contributed by atoms with E-state index in [2.05, 4.69) is 0 Å². The lowest BCUT2D eigenvalue weighted by molar-refractivity contribution is -0.122. The number of aryl methyl sites for hydroxylation is 1. The van der Waals surface area contributed by atoms with Crippen LogP contribution in [0.3, 0.4) is 0 Å². The first kappa shape index (κ1) is 20.6. The second kappa shape index (κ2) is 8.20. The van der Waals surface area contributed by atoms with Crippen LogP contribution in [-0.2, 0) is 28.7 Å². The molecule has 0 unspecified atom stereocenters. The molecule has 0 spiro atoms. The predicted molar refractivity (Wildman–Crippen MR) is 113 cm³/mol. The van der Waals surface area contributed by atoms with Crippen molar-refractivity contribution in [3.05, 3.63) is 75.8 Å². The fraction of sp³-hybridized carbons (Fsp3) is 0.375. The highest BCUT2D eigenvalue weighted by molar-refractivity contribution is 5.79. The Morgan fingerprint density at radius 2 is 2.03 bits per heavy atom. The highest BCUT2D eigenvalue weighted by Crippen LogP contribution is 2.39. The van der Waals surface area contributed by atoms with Crippen LogP contribution in [0.4, 0.5) is 4.39 Å².